The van der Waals surface area contributed by atoms with Gasteiger partial charge >= 0.3 is 5.97 Å². The van der Waals surface area contributed by atoms with Crippen molar-refractivity contribution in [2.75, 3.05) is 35.0 Å². The molecular formula is C25H28BrNO6. The Kier molecular flexibility index (Phi) is 8.38. The minimum absolute atomic E-state index is 0.340. The van der Waals surface area contributed by atoms with Gasteiger partial charge in [0.05, 0.1) is 51.8 Å². The molecule has 0 aliphatic carbocycles. The van der Waals surface area contributed by atoms with E-state index in [2.05, 4.69) is 15.9 Å². The Morgan fingerprint density at radius 1 is 0.909 bits per heavy atom. The highest BCUT2D eigenvalue weighted by Gasteiger charge is 2.25. The number of ether oxygens (including phenoxy) is 5. The second kappa shape index (κ2) is 11.2. The molecule has 0 atom stereocenters. The Balaban J connectivity index is 2.38. The zero-order valence-corrected chi connectivity index (χ0v) is 21.1. The third-order valence-corrected chi connectivity index (χ3v) is 5.83. The van der Waals surface area contributed by atoms with Crippen molar-refractivity contribution in [2.24, 2.45) is 0 Å². The monoisotopic (exact) mass is 517 g/mol. The van der Waals surface area contributed by atoms with Crippen molar-refractivity contribution < 1.29 is 28.5 Å². The first-order chi connectivity index (χ1) is 16.0. The van der Waals surface area contributed by atoms with Gasteiger partial charge in [0, 0.05) is 22.3 Å². The average Bonchev–Trinajstić information content (AvgIpc) is 2.86. The molecule has 3 aromatic rings. The van der Waals surface area contributed by atoms with Crippen molar-refractivity contribution in [3.8, 4) is 34.1 Å². The van der Waals surface area contributed by atoms with Crippen molar-refractivity contribution in [2.45, 2.75) is 25.1 Å². The number of carbonyl (C=O) groups excluding carboxylic acids is 1. The summed E-state index contributed by atoms with van der Waals surface area (Å²) in [4.78, 5) is 18.0. The van der Waals surface area contributed by atoms with E-state index in [9.17, 15) is 4.79 Å². The summed E-state index contributed by atoms with van der Waals surface area (Å²) in [6, 6.07) is 9.16. The average molecular weight is 518 g/mol. The highest BCUT2D eigenvalue weighted by atomic mass is 79.9. The van der Waals surface area contributed by atoms with Gasteiger partial charge in [-0.2, -0.15) is 0 Å². The fourth-order valence-corrected chi connectivity index (χ4v) is 4.04. The summed E-state index contributed by atoms with van der Waals surface area (Å²) >= 11 is 3.49. The molecule has 33 heavy (non-hydrogen) atoms. The van der Waals surface area contributed by atoms with E-state index in [0.717, 1.165) is 23.8 Å². The molecule has 0 radical (unpaired) electrons. The van der Waals surface area contributed by atoms with Crippen LogP contribution in [-0.2, 0) is 10.1 Å². The molecule has 0 aliphatic rings. The molecule has 3 rings (SSSR count). The van der Waals surface area contributed by atoms with Gasteiger partial charge < -0.3 is 23.7 Å². The number of carbonyl (C=O) groups is 1. The van der Waals surface area contributed by atoms with Gasteiger partial charge in [-0.3, -0.25) is 4.98 Å². The lowest BCUT2D eigenvalue weighted by molar-refractivity contribution is 0.0499. The predicted molar refractivity (Wildman–Crippen MR) is 131 cm³/mol. The number of esters is 1. The highest BCUT2D eigenvalue weighted by Crippen LogP contribution is 2.42. The van der Waals surface area contributed by atoms with Gasteiger partial charge in [-0.25, -0.2) is 4.79 Å². The van der Waals surface area contributed by atoms with E-state index in [0.29, 0.717) is 57.3 Å². The van der Waals surface area contributed by atoms with E-state index in [-0.39, 0.29) is 0 Å². The topological polar surface area (TPSA) is 76.1 Å². The summed E-state index contributed by atoms with van der Waals surface area (Å²) in [5.74, 6) is 1.80. The van der Waals surface area contributed by atoms with Crippen molar-refractivity contribution in [3.63, 3.8) is 0 Å². The van der Waals surface area contributed by atoms with Crippen LogP contribution in [-0.4, -0.2) is 46.0 Å². The fourth-order valence-electron chi connectivity index (χ4n) is 3.63. The Labute approximate surface area is 202 Å². The lowest BCUT2D eigenvalue weighted by Crippen LogP contribution is -2.13. The lowest BCUT2D eigenvalue weighted by Gasteiger charge is -2.18. The smallest absolute Gasteiger partial charge is 0.340 e. The highest BCUT2D eigenvalue weighted by molar-refractivity contribution is 9.08. The number of aromatic nitrogens is 1. The molecule has 176 valence electrons. The van der Waals surface area contributed by atoms with Crippen molar-refractivity contribution in [1.82, 2.24) is 4.98 Å². The van der Waals surface area contributed by atoms with Crippen LogP contribution in [0.15, 0.2) is 30.3 Å². The van der Waals surface area contributed by atoms with Crippen molar-refractivity contribution in [3.05, 3.63) is 41.6 Å². The molecule has 2 aromatic carbocycles. The van der Waals surface area contributed by atoms with Crippen molar-refractivity contribution in [1.29, 1.82) is 0 Å². The number of hydrogen-bond acceptors (Lipinski definition) is 7. The van der Waals surface area contributed by atoms with Crippen LogP contribution in [0, 0.1) is 0 Å². The number of benzene rings is 2. The summed E-state index contributed by atoms with van der Waals surface area (Å²) in [5.41, 5.74) is 3.07. The van der Waals surface area contributed by atoms with E-state index in [1.807, 2.05) is 25.1 Å². The van der Waals surface area contributed by atoms with E-state index in [1.54, 1.807) is 40.6 Å². The number of hydrogen-bond donors (Lipinski definition) is 0. The van der Waals surface area contributed by atoms with Crippen LogP contribution in [0.3, 0.4) is 0 Å². The van der Waals surface area contributed by atoms with E-state index in [1.165, 1.54) is 0 Å². The molecule has 0 aliphatic heterocycles. The quantitative estimate of drug-likeness (QED) is 0.191. The molecule has 0 amide bonds. The van der Waals surface area contributed by atoms with E-state index in [4.69, 9.17) is 28.7 Å². The Hall–Kier alpha value is -3.00. The SMILES string of the molecule is CCCCOC(=O)c1c(CBr)nc2cc(OC)c(OC)cc2c1-c1ccc(OC)c(OC)c1. The molecule has 0 saturated carbocycles. The molecule has 0 saturated heterocycles. The van der Waals surface area contributed by atoms with Crippen LogP contribution >= 0.6 is 15.9 Å². The Morgan fingerprint density at radius 3 is 2.15 bits per heavy atom. The van der Waals surface area contributed by atoms with Crippen LogP contribution in [0.5, 0.6) is 23.0 Å². The maximum Gasteiger partial charge on any atom is 0.340 e. The number of nitrogens with zero attached hydrogens (tertiary/aromatic N) is 1. The van der Waals surface area contributed by atoms with Crippen LogP contribution < -0.4 is 18.9 Å². The van der Waals surface area contributed by atoms with Crippen LogP contribution in [0.4, 0.5) is 0 Å². The third kappa shape index (κ3) is 5.00. The summed E-state index contributed by atoms with van der Waals surface area (Å²) < 4.78 is 27.5. The third-order valence-electron chi connectivity index (χ3n) is 5.30. The molecule has 8 heteroatoms. The molecular weight excluding hydrogens is 490 g/mol. The number of pyridine rings is 1. The number of halogens is 1. The molecule has 7 nitrogen and oxygen atoms in total. The van der Waals surface area contributed by atoms with Gasteiger partial charge in [-0.15, -0.1) is 0 Å². The first-order valence-corrected chi connectivity index (χ1v) is 11.7. The van der Waals surface area contributed by atoms with Gasteiger partial charge in [0.25, 0.3) is 0 Å². The zero-order chi connectivity index (χ0) is 24.0. The van der Waals surface area contributed by atoms with Gasteiger partial charge in [0.15, 0.2) is 23.0 Å². The molecule has 0 spiro atoms. The predicted octanol–water partition coefficient (Wildman–Crippen LogP) is 5.79. The summed E-state index contributed by atoms with van der Waals surface area (Å²) in [5, 5.41) is 1.10. The number of alkyl halides is 1. The minimum atomic E-state index is -0.424. The maximum absolute atomic E-state index is 13.3. The molecule has 0 bridgehead atoms. The molecule has 1 heterocycles. The first-order valence-electron chi connectivity index (χ1n) is 10.6. The summed E-state index contributed by atoms with van der Waals surface area (Å²) in [7, 11) is 6.30. The standard InChI is InChI=1S/C25H28BrNO6/c1-6-7-10-33-25(28)24-18(14-26)27-17-13-22(32-5)21(31-4)12-16(17)23(24)15-8-9-19(29-2)20(11-15)30-3/h8-9,11-13H,6-7,10,14H2,1-5H3. The van der Waals surface area contributed by atoms with Crippen LogP contribution in [0.2, 0.25) is 0 Å². The molecule has 0 N–H and O–H groups in total. The minimum Gasteiger partial charge on any atom is -0.493 e. The summed E-state index contributed by atoms with van der Waals surface area (Å²) in [6.45, 7) is 2.39. The number of rotatable bonds is 10. The van der Waals surface area contributed by atoms with Gasteiger partial charge in [-0.05, 0) is 30.2 Å². The van der Waals surface area contributed by atoms with Crippen LogP contribution in [0.25, 0.3) is 22.0 Å². The van der Waals surface area contributed by atoms with E-state index < -0.39 is 5.97 Å². The Morgan fingerprint density at radius 2 is 1.55 bits per heavy atom. The molecule has 1 aromatic heterocycles. The van der Waals surface area contributed by atoms with E-state index >= 15 is 0 Å². The number of unbranched alkanes of at least 4 members (excludes halogenated alkanes) is 1. The zero-order valence-electron chi connectivity index (χ0n) is 19.5. The van der Waals surface area contributed by atoms with Gasteiger partial charge in [-0.1, -0.05) is 35.3 Å². The first kappa shape index (κ1) is 24.6. The fraction of sp³-hybridized carbons (Fsp3) is 0.360. The lowest BCUT2D eigenvalue weighted by atomic mass is 9.93. The normalized spacial score (nSPS) is 10.7. The van der Waals surface area contributed by atoms with Gasteiger partial charge in [0.2, 0.25) is 0 Å². The second-order valence-corrected chi connectivity index (χ2v) is 7.79. The van der Waals surface area contributed by atoms with Crippen molar-refractivity contribution >= 4 is 32.8 Å². The van der Waals surface area contributed by atoms with Crippen LogP contribution in [0.1, 0.15) is 35.8 Å². The second-order valence-electron chi connectivity index (χ2n) is 7.23. The molecule has 0 fully saturated rings. The molecule has 0 unspecified atom stereocenters. The summed E-state index contributed by atoms with van der Waals surface area (Å²) in [6.07, 6.45) is 1.71. The maximum atomic E-state index is 13.3. The largest absolute Gasteiger partial charge is 0.493 e. The number of methoxy groups -OCH3 is 4. The number of fused-ring (bicyclic) bond motifs is 1. The Bertz CT molecular complexity index is 1150. The van der Waals surface area contributed by atoms with Gasteiger partial charge in [0.1, 0.15) is 0 Å².